The van der Waals surface area contributed by atoms with Gasteiger partial charge in [-0.15, -0.1) is 0 Å². The maximum atomic E-state index is 12.6. The smallest absolute Gasteiger partial charge is 0.247 e. The van der Waals surface area contributed by atoms with E-state index >= 15 is 0 Å². The Morgan fingerprint density at radius 3 is 2.64 bits per heavy atom. The number of fused-ring (bicyclic) bond motifs is 1. The summed E-state index contributed by atoms with van der Waals surface area (Å²) >= 11 is 0. The monoisotopic (exact) mass is 398 g/mol. The second kappa shape index (κ2) is 12.3. The Bertz CT molecular complexity index is 812. The molecule has 150 valence electrons. The predicted molar refractivity (Wildman–Crippen MR) is 120 cm³/mol. The highest BCUT2D eigenvalue weighted by molar-refractivity contribution is 7.48. The van der Waals surface area contributed by atoms with Gasteiger partial charge in [0, 0.05) is 18.5 Å². The molecule has 0 aliphatic rings. The summed E-state index contributed by atoms with van der Waals surface area (Å²) in [4.78, 5) is 23.5. The SMILES string of the molecule is CCCCNC(=O)/C(=C/CCCCC(N)=O)CPc1cccc2ccccc12. The normalized spacial score (nSPS) is 12.0. The summed E-state index contributed by atoms with van der Waals surface area (Å²) in [5.41, 5.74) is 6.04. The Hall–Kier alpha value is -2.19. The first kappa shape index (κ1) is 22.1. The van der Waals surface area contributed by atoms with Crippen LogP contribution < -0.4 is 16.4 Å². The van der Waals surface area contributed by atoms with Crippen LogP contribution in [0.2, 0.25) is 0 Å². The van der Waals surface area contributed by atoms with E-state index in [1.54, 1.807) is 0 Å². The molecule has 0 saturated heterocycles. The molecule has 2 amide bonds. The first-order valence-electron chi connectivity index (χ1n) is 10.1. The highest BCUT2D eigenvalue weighted by Gasteiger charge is 2.10. The van der Waals surface area contributed by atoms with Crippen molar-refractivity contribution in [3.63, 3.8) is 0 Å². The van der Waals surface area contributed by atoms with E-state index in [1.165, 1.54) is 16.1 Å². The molecule has 28 heavy (non-hydrogen) atoms. The van der Waals surface area contributed by atoms with Gasteiger partial charge in [-0.25, -0.2) is 0 Å². The molecule has 0 aliphatic carbocycles. The molecule has 0 spiro atoms. The number of nitrogens with one attached hydrogen (secondary N) is 1. The number of hydrogen-bond donors (Lipinski definition) is 2. The first-order valence-corrected chi connectivity index (χ1v) is 11.3. The van der Waals surface area contributed by atoms with Gasteiger partial charge < -0.3 is 11.1 Å². The fourth-order valence-corrected chi connectivity index (χ4v) is 4.35. The van der Waals surface area contributed by atoms with Crippen LogP contribution >= 0.6 is 8.58 Å². The second-order valence-electron chi connectivity index (χ2n) is 6.93. The number of rotatable bonds is 12. The van der Waals surface area contributed by atoms with Crippen molar-refractivity contribution in [2.24, 2.45) is 5.73 Å². The molecule has 0 fully saturated rings. The van der Waals surface area contributed by atoms with Gasteiger partial charge in [-0.2, -0.15) is 0 Å². The molecule has 2 aromatic rings. The van der Waals surface area contributed by atoms with Crippen molar-refractivity contribution < 1.29 is 9.59 Å². The van der Waals surface area contributed by atoms with Gasteiger partial charge >= 0.3 is 0 Å². The van der Waals surface area contributed by atoms with Gasteiger partial charge in [0.05, 0.1) is 0 Å². The van der Waals surface area contributed by atoms with E-state index in [1.807, 2.05) is 12.1 Å². The van der Waals surface area contributed by atoms with Crippen LogP contribution in [0.15, 0.2) is 54.1 Å². The molecule has 1 unspecified atom stereocenters. The average molecular weight is 398 g/mol. The minimum atomic E-state index is -0.265. The molecule has 0 heterocycles. The molecule has 5 heteroatoms. The Morgan fingerprint density at radius 1 is 1.07 bits per heavy atom. The second-order valence-corrected chi connectivity index (χ2v) is 8.18. The number of primary amides is 1. The molecule has 0 saturated carbocycles. The van der Waals surface area contributed by atoms with Gasteiger partial charge in [0.2, 0.25) is 11.8 Å². The lowest BCUT2D eigenvalue weighted by molar-refractivity contribution is -0.118. The van der Waals surface area contributed by atoms with Crippen LogP contribution in [0.5, 0.6) is 0 Å². The van der Waals surface area contributed by atoms with Gasteiger partial charge in [0.1, 0.15) is 0 Å². The molecule has 3 N–H and O–H groups in total. The number of hydrogen-bond acceptors (Lipinski definition) is 2. The molecule has 0 aromatic heterocycles. The van der Waals surface area contributed by atoms with Crippen LogP contribution in [-0.2, 0) is 9.59 Å². The first-order chi connectivity index (χ1) is 13.6. The van der Waals surface area contributed by atoms with Gasteiger partial charge in [-0.1, -0.05) is 70.5 Å². The quantitative estimate of drug-likeness (QED) is 0.322. The maximum absolute atomic E-state index is 12.6. The molecular formula is C23H31N2O2P. The third kappa shape index (κ3) is 7.44. The van der Waals surface area contributed by atoms with Crippen molar-refractivity contribution in [1.29, 1.82) is 0 Å². The van der Waals surface area contributed by atoms with Crippen LogP contribution in [0.1, 0.15) is 45.4 Å². The lowest BCUT2D eigenvalue weighted by Gasteiger charge is -2.11. The van der Waals surface area contributed by atoms with E-state index in [2.05, 4.69) is 48.6 Å². The number of benzene rings is 2. The lowest BCUT2D eigenvalue weighted by atomic mass is 10.1. The topological polar surface area (TPSA) is 72.2 Å². The largest absolute Gasteiger partial charge is 0.370 e. The minimum absolute atomic E-state index is 0.0380. The minimum Gasteiger partial charge on any atom is -0.370 e. The Morgan fingerprint density at radius 2 is 1.86 bits per heavy atom. The fourth-order valence-electron chi connectivity index (χ4n) is 3.03. The van der Waals surface area contributed by atoms with Gasteiger partial charge in [-0.3, -0.25) is 9.59 Å². The zero-order valence-corrected chi connectivity index (χ0v) is 17.7. The molecular weight excluding hydrogens is 367 g/mol. The van der Waals surface area contributed by atoms with E-state index in [0.29, 0.717) is 21.5 Å². The Balaban J connectivity index is 2.02. The van der Waals surface area contributed by atoms with Crippen molar-refractivity contribution in [2.45, 2.75) is 45.4 Å². The fraction of sp³-hybridized carbons (Fsp3) is 0.391. The summed E-state index contributed by atoms with van der Waals surface area (Å²) in [7, 11) is 0.542. The van der Waals surface area contributed by atoms with E-state index < -0.39 is 0 Å². The van der Waals surface area contributed by atoms with E-state index in [9.17, 15) is 9.59 Å². The summed E-state index contributed by atoms with van der Waals surface area (Å²) in [6.07, 6.45) is 7.66. The van der Waals surface area contributed by atoms with Crippen LogP contribution in [0.4, 0.5) is 0 Å². The van der Waals surface area contributed by atoms with Crippen LogP contribution in [0.25, 0.3) is 10.8 Å². The number of carbonyl (C=O) groups excluding carboxylic acids is 2. The van der Waals surface area contributed by atoms with E-state index in [0.717, 1.165) is 43.8 Å². The van der Waals surface area contributed by atoms with Crippen molar-refractivity contribution >= 4 is 36.5 Å². The number of nitrogens with two attached hydrogens (primary N) is 1. The summed E-state index contributed by atoms with van der Waals surface area (Å²) in [6, 6.07) is 14.7. The summed E-state index contributed by atoms with van der Waals surface area (Å²) in [5, 5.41) is 6.82. The number of amides is 2. The third-order valence-corrected chi connectivity index (χ3v) is 6.01. The maximum Gasteiger partial charge on any atom is 0.247 e. The molecule has 2 aromatic carbocycles. The summed E-state index contributed by atoms with van der Waals surface area (Å²) in [5.74, 6) is -0.227. The predicted octanol–water partition coefficient (Wildman–Crippen LogP) is 4.03. The molecule has 4 nitrogen and oxygen atoms in total. The Kier molecular flexibility index (Phi) is 9.71. The molecule has 0 aliphatic heterocycles. The number of allylic oxidation sites excluding steroid dienone is 1. The van der Waals surface area contributed by atoms with E-state index in [4.69, 9.17) is 5.73 Å². The van der Waals surface area contributed by atoms with Gasteiger partial charge in [0.25, 0.3) is 0 Å². The Labute approximate surface area is 169 Å². The van der Waals surface area contributed by atoms with Crippen LogP contribution in [0.3, 0.4) is 0 Å². The van der Waals surface area contributed by atoms with Crippen molar-refractivity contribution in [1.82, 2.24) is 5.32 Å². The highest BCUT2D eigenvalue weighted by atomic mass is 31.1. The number of unbranched alkanes of at least 4 members (excludes halogenated alkanes) is 3. The van der Waals surface area contributed by atoms with Crippen molar-refractivity contribution in [3.8, 4) is 0 Å². The highest BCUT2D eigenvalue weighted by Crippen LogP contribution is 2.22. The van der Waals surface area contributed by atoms with Crippen molar-refractivity contribution in [2.75, 3.05) is 12.7 Å². The zero-order chi connectivity index (χ0) is 20.2. The molecule has 0 radical (unpaired) electrons. The molecule has 0 bridgehead atoms. The molecule has 1 atom stereocenters. The average Bonchev–Trinajstić information content (AvgIpc) is 2.70. The summed E-state index contributed by atoms with van der Waals surface area (Å²) < 4.78 is 0. The van der Waals surface area contributed by atoms with Crippen LogP contribution in [-0.4, -0.2) is 24.5 Å². The van der Waals surface area contributed by atoms with Gasteiger partial charge in [-0.05, 0) is 47.9 Å². The van der Waals surface area contributed by atoms with Crippen molar-refractivity contribution in [3.05, 3.63) is 54.1 Å². The summed E-state index contributed by atoms with van der Waals surface area (Å²) in [6.45, 7) is 2.83. The lowest BCUT2D eigenvalue weighted by Crippen LogP contribution is -2.27. The zero-order valence-electron chi connectivity index (χ0n) is 16.7. The molecule has 2 rings (SSSR count). The van der Waals surface area contributed by atoms with E-state index in [-0.39, 0.29) is 11.8 Å². The standard InChI is InChI=1S/C23H31N2O2P/c1-2-3-16-25-23(27)19(11-5-4-6-15-22(24)26)17-28-21-14-9-12-18-10-7-8-13-20(18)21/h7-14,28H,2-6,15-17H2,1H3,(H2,24,26)(H,25,27)/b19-11+. The van der Waals surface area contributed by atoms with Gasteiger partial charge in [0.15, 0.2) is 0 Å². The van der Waals surface area contributed by atoms with Crippen LogP contribution in [0, 0.1) is 0 Å². The number of carbonyl (C=O) groups is 2. The third-order valence-electron chi connectivity index (χ3n) is 4.63.